The van der Waals surface area contributed by atoms with Crippen molar-refractivity contribution in [2.24, 2.45) is 7.05 Å². The van der Waals surface area contributed by atoms with Crippen LogP contribution in [0.1, 0.15) is 29.9 Å². The van der Waals surface area contributed by atoms with Gasteiger partial charge in [-0.1, -0.05) is 19.9 Å². The molecule has 8 nitrogen and oxygen atoms in total. The summed E-state index contributed by atoms with van der Waals surface area (Å²) in [4.78, 5) is 25.9. The lowest BCUT2D eigenvalue weighted by atomic mass is 10.2. The molecule has 152 valence electrons. The molecule has 28 heavy (non-hydrogen) atoms. The van der Waals surface area contributed by atoms with Crippen LogP contribution in [0, 0.1) is 0 Å². The average molecular weight is 388 g/mol. The van der Waals surface area contributed by atoms with Gasteiger partial charge in [-0.3, -0.25) is 9.59 Å². The van der Waals surface area contributed by atoms with Crippen molar-refractivity contribution >= 4 is 5.91 Å². The molecule has 1 N–H and O–H groups in total. The van der Waals surface area contributed by atoms with Gasteiger partial charge in [-0.25, -0.2) is 4.68 Å². The number of hydrogen-bond acceptors (Lipinski definition) is 6. The zero-order chi connectivity index (χ0) is 20.5. The van der Waals surface area contributed by atoms with Gasteiger partial charge in [0, 0.05) is 26.2 Å². The molecule has 1 heterocycles. The molecule has 0 aliphatic rings. The molecule has 0 spiro atoms. The maximum atomic E-state index is 12.2. The topological polar surface area (TPSA) is 85.7 Å². The number of carbonyl (C=O) groups is 1. The monoisotopic (exact) mass is 388 g/mol. The minimum absolute atomic E-state index is 0.186. The third-order valence-corrected chi connectivity index (χ3v) is 4.43. The summed E-state index contributed by atoms with van der Waals surface area (Å²) >= 11 is 0. The van der Waals surface area contributed by atoms with Crippen LogP contribution in [-0.4, -0.2) is 53.9 Å². The summed E-state index contributed by atoms with van der Waals surface area (Å²) in [6.45, 7) is 7.95. The Hall–Kier alpha value is -2.87. The van der Waals surface area contributed by atoms with E-state index in [1.165, 1.54) is 19.2 Å². The smallest absolute Gasteiger partial charge is 0.271 e. The molecule has 0 aliphatic heterocycles. The highest BCUT2D eigenvalue weighted by molar-refractivity contribution is 5.91. The van der Waals surface area contributed by atoms with Crippen molar-refractivity contribution in [1.82, 2.24) is 20.0 Å². The molecule has 1 aromatic heterocycles. The van der Waals surface area contributed by atoms with E-state index >= 15 is 0 Å². The molecule has 0 unspecified atom stereocenters. The summed E-state index contributed by atoms with van der Waals surface area (Å²) < 4.78 is 12.4. The van der Waals surface area contributed by atoms with E-state index < -0.39 is 0 Å². The van der Waals surface area contributed by atoms with Gasteiger partial charge in [-0.2, -0.15) is 5.10 Å². The van der Waals surface area contributed by atoms with Crippen LogP contribution in [0.3, 0.4) is 0 Å². The molecule has 0 saturated heterocycles. The van der Waals surface area contributed by atoms with E-state index in [1.807, 2.05) is 18.2 Å². The number of hydrogen-bond donors (Lipinski definition) is 1. The van der Waals surface area contributed by atoms with Gasteiger partial charge < -0.3 is 19.7 Å². The highest BCUT2D eigenvalue weighted by atomic mass is 16.5. The van der Waals surface area contributed by atoms with Gasteiger partial charge in [0.2, 0.25) is 0 Å². The van der Waals surface area contributed by atoms with E-state index in [0.29, 0.717) is 24.7 Å². The highest BCUT2D eigenvalue weighted by Crippen LogP contribution is 2.28. The minimum atomic E-state index is -0.353. The Bertz CT molecular complexity index is 846. The fourth-order valence-corrected chi connectivity index (χ4v) is 2.66. The third kappa shape index (κ3) is 5.82. The quantitative estimate of drug-likeness (QED) is 0.663. The predicted molar refractivity (Wildman–Crippen MR) is 107 cm³/mol. The molecule has 0 aliphatic carbocycles. The standard InChI is InChI=1S/C20H28N4O4/c1-5-24(6-2)11-12-28-17-9-7-15(13-18(17)27-4)14-21-20(26)16-8-10-19(25)23(3)22-16/h7-10,13H,5-6,11-12,14H2,1-4H3,(H,21,26). The second kappa shape index (κ2) is 10.5. The van der Waals surface area contributed by atoms with Crippen LogP contribution in [0.5, 0.6) is 11.5 Å². The van der Waals surface area contributed by atoms with Gasteiger partial charge in [-0.05, 0) is 36.9 Å². The zero-order valence-corrected chi connectivity index (χ0v) is 16.9. The number of benzene rings is 1. The van der Waals surface area contributed by atoms with E-state index in [1.54, 1.807) is 7.11 Å². The van der Waals surface area contributed by atoms with Gasteiger partial charge in [-0.15, -0.1) is 0 Å². The number of rotatable bonds is 10. The minimum Gasteiger partial charge on any atom is -0.493 e. The SMILES string of the molecule is CCN(CC)CCOc1ccc(CNC(=O)c2ccc(=O)n(C)n2)cc1OC. The third-order valence-electron chi connectivity index (χ3n) is 4.43. The van der Waals surface area contributed by atoms with Crippen molar-refractivity contribution in [1.29, 1.82) is 0 Å². The Balaban J connectivity index is 1.96. The number of methoxy groups -OCH3 is 1. The van der Waals surface area contributed by atoms with Gasteiger partial charge in [0.15, 0.2) is 11.5 Å². The molecule has 0 atom stereocenters. The van der Waals surface area contributed by atoms with E-state index in [4.69, 9.17) is 9.47 Å². The van der Waals surface area contributed by atoms with Crippen molar-refractivity contribution < 1.29 is 14.3 Å². The van der Waals surface area contributed by atoms with E-state index in [9.17, 15) is 9.59 Å². The van der Waals surface area contributed by atoms with Crippen molar-refractivity contribution in [3.8, 4) is 11.5 Å². The highest BCUT2D eigenvalue weighted by Gasteiger charge is 2.10. The zero-order valence-electron chi connectivity index (χ0n) is 16.9. The van der Waals surface area contributed by atoms with Crippen LogP contribution in [-0.2, 0) is 13.6 Å². The second-order valence-electron chi connectivity index (χ2n) is 6.22. The Kier molecular flexibility index (Phi) is 8.01. The first kappa shape index (κ1) is 21.4. The summed E-state index contributed by atoms with van der Waals surface area (Å²) in [5.41, 5.74) is 0.786. The Morgan fingerprint density at radius 2 is 1.93 bits per heavy atom. The first-order chi connectivity index (χ1) is 13.5. The molecule has 8 heteroatoms. The second-order valence-corrected chi connectivity index (χ2v) is 6.22. The van der Waals surface area contributed by atoms with Crippen molar-refractivity contribution in [3.63, 3.8) is 0 Å². The molecule has 1 amide bonds. The number of amides is 1. The van der Waals surface area contributed by atoms with Gasteiger partial charge in [0.05, 0.1) is 7.11 Å². The lowest BCUT2D eigenvalue weighted by Crippen LogP contribution is -2.28. The normalized spacial score (nSPS) is 10.8. The molecule has 0 saturated carbocycles. The van der Waals surface area contributed by atoms with Gasteiger partial charge >= 0.3 is 0 Å². The number of ether oxygens (including phenoxy) is 2. The number of nitrogens with zero attached hydrogens (tertiary/aromatic N) is 3. The summed E-state index contributed by atoms with van der Waals surface area (Å²) in [5, 5.41) is 6.72. The number of aromatic nitrogens is 2. The molecule has 0 fully saturated rings. The fourth-order valence-electron chi connectivity index (χ4n) is 2.66. The maximum Gasteiger partial charge on any atom is 0.271 e. The largest absolute Gasteiger partial charge is 0.493 e. The van der Waals surface area contributed by atoms with Crippen molar-refractivity contribution in [3.05, 3.63) is 51.9 Å². The van der Waals surface area contributed by atoms with Crippen LogP contribution in [0.15, 0.2) is 35.1 Å². The van der Waals surface area contributed by atoms with Gasteiger partial charge in [0.25, 0.3) is 11.5 Å². The summed E-state index contributed by atoms with van der Waals surface area (Å²) in [6, 6.07) is 8.28. The van der Waals surface area contributed by atoms with Crippen LogP contribution < -0.4 is 20.3 Å². The van der Waals surface area contributed by atoms with Crippen molar-refractivity contribution in [2.75, 3.05) is 33.4 Å². The van der Waals surface area contributed by atoms with E-state index in [-0.39, 0.29) is 17.2 Å². The molecule has 1 aromatic carbocycles. The van der Waals surface area contributed by atoms with Crippen LogP contribution in [0.2, 0.25) is 0 Å². The first-order valence-corrected chi connectivity index (χ1v) is 9.33. The fraction of sp³-hybridized carbons (Fsp3) is 0.450. The van der Waals surface area contributed by atoms with E-state index in [0.717, 1.165) is 29.9 Å². The first-order valence-electron chi connectivity index (χ1n) is 9.33. The van der Waals surface area contributed by atoms with Crippen LogP contribution >= 0.6 is 0 Å². The number of nitrogens with one attached hydrogen (secondary N) is 1. The van der Waals surface area contributed by atoms with Gasteiger partial charge in [0.1, 0.15) is 12.3 Å². The summed E-state index contributed by atoms with van der Waals surface area (Å²) in [7, 11) is 3.09. The lowest BCUT2D eigenvalue weighted by molar-refractivity contribution is 0.0943. The Labute approximate surface area is 165 Å². The number of aryl methyl sites for hydroxylation is 1. The predicted octanol–water partition coefficient (Wildman–Crippen LogP) is 1.44. The lowest BCUT2D eigenvalue weighted by Gasteiger charge is -2.19. The average Bonchev–Trinajstić information content (AvgIpc) is 2.71. The van der Waals surface area contributed by atoms with E-state index in [2.05, 4.69) is 29.2 Å². The molecular weight excluding hydrogens is 360 g/mol. The molecule has 0 bridgehead atoms. The van der Waals surface area contributed by atoms with Crippen LogP contribution in [0.4, 0.5) is 0 Å². The molecule has 2 aromatic rings. The van der Waals surface area contributed by atoms with Crippen LogP contribution in [0.25, 0.3) is 0 Å². The summed E-state index contributed by atoms with van der Waals surface area (Å²) in [6.07, 6.45) is 0. The number of likely N-dealkylation sites (N-methyl/N-ethyl adjacent to an activating group) is 1. The van der Waals surface area contributed by atoms with Crippen molar-refractivity contribution in [2.45, 2.75) is 20.4 Å². The Morgan fingerprint density at radius 1 is 1.18 bits per heavy atom. The summed E-state index contributed by atoms with van der Waals surface area (Å²) in [5.74, 6) is 0.935. The molecule has 2 rings (SSSR count). The molecular formula is C20H28N4O4. The maximum absolute atomic E-state index is 12.2. The molecule has 0 radical (unpaired) electrons. The number of carbonyl (C=O) groups excluding carboxylic acids is 1. The Morgan fingerprint density at radius 3 is 2.57 bits per heavy atom.